The van der Waals surface area contributed by atoms with E-state index in [1.807, 2.05) is 0 Å². The summed E-state index contributed by atoms with van der Waals surface area (Å²) in [5, 5.41) is 4.32. The van der Waals surface area contributed by atoms with Crippen LogP contribution in [0.5, 0.6) is 11.5 Å². The zero-order chi connectivity index (χ0) is 14.4. The lowest BCUT2D eigenvalue weighted by Gasteiger charge is -2.05. The molecule has 20 heavy (non-hydrogen) atoms. The highest BCUT2D eigenvalue weighted by molar-refractivity contribution is 6.30. The van der Waals surface area contributed by atoms with Gasteiger partial charge in [0.25, 0.3) is 0 Å². The molecule has 0 spiro atoms. The molecular weight excluding hydrogens is 278 g/mol. The second-order valence-corrected chi connectivity index (χ2v) is 4.30. The van der Waals surface area contributed by atoms with E-state index in [2.05, 4.69) is 10.5 Å². The highest BCUT2D eigenvalue weighted by Gasteiger charge is 1.97. The van der Waals surface area contributed by atoms with Gasteiger partial charge in [0, 0.05) is 5.02 Å². The molecule has 102 valence electrons. The summed E-state index contributed by atoms with van der Waals surface area (Å²) in [6.07, 6.45) is 1.48. The van der Waals surface area contributed by atoms with Gasteiger partial charge in [0.05, 0.1) is 6.21 Å². The van der Waals surface area contributed by atoms with Crippen LogP contribution in [-0.2, 0) is 0 Å². The van der Waals surface area contributed by atoms with Crippen molar-refractivity contribution < 1.29 is 9.53 Å². The predicted molar refractivity (Wildman–Crippen MR) is 78.3 cm³/mol. The maximum Gasteiger partial charge on any atom is 0.332 e. The Morgan fingerprint density at radius 3 is 2.20 bits per heavy atom. The Morgan fingerprint density at radius 1 is 1.10 bits per heavy atom. The first kappa shape index (κ1) is 13.9. The third kappa shape index (κ3) is 4.29. The van der Waals surface area contributed by atoms with Crippen LogP contribution >= 0.6 is 11.6 Å². The molecular formula is C14H12ClN3O2. The highest BCUT2D eigenvalue weighted by Crippen LogP contribution is 2.22. The molecule has 0 unspecified atom stereocenters. The Hall–Kier alpha value is -2.53. The van der Waals surface area contributed by atoms with Crippen LogP contribution in [0.2, 0.25) is 5.02 Å². The van der Waals surface area contributed by atoms with Gasteiger partial charge in [-0.3, -0.25) is 0 Å². The summed E-state index contributed by atoms with van der Waals surface area (Å²) in [5.41, 5.74) is 7.81. The Bertz CT molecular complexity index is 609. The van der Waals surface area contributed by atoms with E-state index >= 15 is 0 Å². The van der Waals surface area contributed by atoms with E-state index in [0.717, 1.165) is 5.56 Å². The van der Waals surface area contributed by atoms with Gasteiger partial charge in [-0.1, -0.05) is 11.6 Å². The first-order valence-electron chi connectivity index (χ1n) is 5.75. The molecule has 0 aliphatic carbocycles. The van der Waals surface area contributed by atoms with Crippen LogP contribution in [0, 0.1) is 0 Å². The van der Waals surface area contributed by atoms with Crippen LogP contribution in [-0.4, -0.2) is 12.2 Å². The second-order valence-electron chi connectivity index (χ2n) is 3.86. The average molecular weight is 290 g/mol. The van der Waals surface area contributed by atoms with E-state index in [9.17, 15) is 4.79 Å². The number of benzene rings is 2. The summed E-state index contributed by atoms with van der Waals surface area (Å²) in [6, 6.07) is 13.6. The molecule has 0 saturated carbocycles. The third-order valence-electron chi connectivity index (χ3n) is 2.32. The first-order valence-corrected chi connectivity index (χ1v) is 6.13. The number of nitrogens with two attached hydrogens (primary N) is 1. The van der Waals surface area contributed by atoms with Crippen molar-refractivity contribution in [2.75, 3.05) is 0 Å². The Morgan fingerprint density at radius 2 is 1.65 bits per heavy atom. The van der Waals surface area contributed by atoms with Gasteiger partial charge in [-0.2, -0.15) is 5.10 Å². The van der Waals surface area contributed by atoms with Crippen molar-refractivity contribution in [1.29, 1.82) is 0 Å². The number of rotatable bonds is 4. The van der Waals surface area contributed by atoms with Gasteiger partial charge in [0.2, 0.25) is 0 Å². The number of halogens is 1. The highest BCUT2D eigenvalue weighted by atomic mass is 35.5. The zero-order valence-electron chi connectivity index (χ0n) is 10.4. The molecule has 2 rings (SSSR count). The lowest BCUT2D eigenvalue weighted by atomic mass is 10.2. The van der Waals surface area contributed by atoms with E-state index in [-0.39, 0.29) is 0 Å². The smallest absolute Gasteiger partial charge is 0.332 e. The van der Waals surface area contributed by atoms with Crippen molar-refractivity contribution in [3.8, 4) is 11.5 Å². The molecule has 6 heteroatoms. The number of ether oxygens (including phenoxy) is 1. The van der Waals surface area contributed by atoms with Crippen molar-refractivity contribution >= 4 is 23.8 Å². The number of nitrogens with zero attached hydrogens (tertiary/aromatic N) is 1. The molecule has 0 radical (unpaired) electrons. The van der Waals surface area contributed by atoms with Crippen molar-refractivity contribution in [2.24, 2.45) is 10.8 Å². The number of nitrogens with one attached hydrogen (secondary N) is 1. The van der Waals surface area contributed by atoms with Gasteiger partial charge >= 0.3 is 6.03 Å². The van der Waals surface area contributed by atoms with Crippen LogP contribution < -0.4 is 15.9 Å². The second kappa shape index (κ2) is 6.58. The van der Waals surface area contributed by atoms with E-state index in [4.69, 9.17) is 22.1 Å². The van der Waals surface area contributed by atoms with E-state index in [1.165, 1.54) is 6.21 Å². The van der Waals surface area contributed by atoms with Crippen molar-refractivity contribution in [3.63, 3.8) is 0 Å². The Labute approximate surface area is 121 Å². The molecule has 5 nitrogen and oxygen atoms in total. The third-order valence-corrected chi connectivity index (χ3v) is 2.57. The number of carbonyl (C=O) groups is 1. The summed E-state index contributed by atoms with van der Waals surface area (Å²) in [5.74, 6) is 1.39. The normalized spacial score (nSPS) is 10.4. The van der Waals surface area contributed by atoms with Crippen LogP contribution in [0.4, 0.5) is 4.79 Å². The minimum absolute atomic E-state index is 0.658. The lowest BCUT2D eigenvalue weighted by Crippen LogP contribution is -2.24. The van der Waals surface area contributed by atoms with Gasteiger partial charge in [-0.15, -0.1) is 0 Å². The van der Waals surface area contributed by atoms with Gasteiger partial charge in [0.1, 0.15) is 11.5 Å². The first-order chi connectivity index (χ1) is 9.63. The molecule has 0 heterocycles. The Balaban J connectivity index is 1.99. The SMILES string of the molecule is NC(=O)N/N=C/c1ccc(Oc2ccc(Cl)cc2)cc1. The summed E-state index contributed by atoms with van der Waals surface area (Å²) >= 11 is 5.80. The molecule has 0 saturated heterocycles. The molecule has 0 atom stereocenters. The minimum Gasteiger partial charge on any atom is -0.457 e. The van der Waals surface area contributed by atoms with Gasteiger partial charge in [0.15, 0.2) is 0 Å². The molecule has 0 aliphatic heterocycles. The number of primary amides is 1. The fraction of sp³-hybridized carbons (Fsp3) is 0. The summed E-state index contributed by atoms with van der Waals surface area (Å²) in [4.78, 5) is 10.4. The molecule has 2 aromatic rings. The lowest BCUT2D eigenvalue weighted by molar-refractivity contribution is 0.249. The summed E-state index contributed by atoms with van der Waals surface area (Å²) < 4.78 is 5.64. The topological polar surface area (TPSA) is 76.7 Å². The molecule has 0 fully saturated rings. The maximum atomic E-state index is 10.4. The maximum absolute atomic E-state index is 10.4. The monoisotopic (exact) mass is 289 g/mol. The number of hydrazone groups is 1. The van der Waals surface area contributed by atoms with E-state index < -0.39 is 6.03 Å². The van der Waals surface area contributed by atoms with E-state index in [1.54, 1.807) is 48.5 Å². The molecule has 2 aromatic carbocycles. The van der Waals surface area contributed by atoms with E-state index in [0.29, 0.717) is 16.5 Å². The molecule has 0 aromatic heterocycles. The van der Waals surface area contributed by atoms with Gasteiger partial charge < -0.3 is 10.5 Å². The predicted octanol–water partition coefficient (Wildman–Crippen LogP) is 3.13. The van der Waals surface area contributed by atoms with Gasteiger partial charge in [-0.25, -0.2) is 10.2 Å². The van der Waals surface area contributed by atoms with Crippen molar-refractivity contribution in [2.45, 2.75) is 0 Å². The quantitative estimate of drug-likeness (QED) is 0.670. The molecule has 3 N–H and O–H groups in total. The van der Waals surface area contributed by atoms with Crippen LogP contribution in [0.3, 0.4) is 0 Å². The van der Waals surface area contributed by atoms with Crippen molar-refractivity contribution in [3.05, 3.63) is 59.1 Å². The fourth-order valence-electron chi connectivity index (χ4n) is 1.43. The van der Waals surface area contributed by atoms with Gasteiger partial charge in [-0.05, 0) is 54.1 Å². The molecule has 2 amide bonds. The molecule has 0 aliphatic rings. The molecule has 0 bridgehead atoms. The summed E-state index contributed by atoms with van der Waals surface area (Å²) in [6.45, 7) is 0. The largest absolute Gasteiger partial charge is 0.457 e. The minimum atomic E-state index is -0.705. The number of hydrogen-bond donors (Lipinski definition) is 2. The number of hydrogen-bond acceptors (Lipinski definition) is 3. The Kier molecular flexibility index (Phi) is 4.57. The van der Waals surface area contributed by atoms with Crippen LogP contribution in [0.25, 0.3) is 0 Å². The van der Waals surface area contributed by atoms with Crippen LogP contribution in [0.15, 0.2) is 53.6 Å². The average Bonchev–Trinajstić information content (AvgIpc) is 2.43. The zero-order valence-corrected chi connectivity index (χ0v) is 11.2. The summed E-state index contributed by atoms with van der Waals surface area (Å²) in [7, 11) is 0. The van der Waals surface area contributed by atoms with Crippen molar-refractivity contribution in [1.82, 2.24) is 5.43 Å². The van der Waals surface area contributed by atoms with Crippen LogP contribution in [0.1, 0.15) is 5.56 Å². The number of urea groups is 1. The number of carbonyl (C=O) groups excluding carboxylic acids is 1. The fourth-order valence-corrected chi connectivity index (χ4v) is 1.56. The standard InChI is InChI=1S/C14H12ClN3O2/c15-11-3-7-13(8-4-11)20-12-5-1-10(2-6-12)9-17-18-14(16)19/h1-9H,(H3,16,18,19)/b17-9+. The number of amides is 2.